The van der Waals surface area contributed by atoms with Gasteiger partial charge in [-0.2, -0.15) is 0 Å². The van der Waals surface area contributed by atoms with E-state index in [1.54, 1.807) is 0 Å². The molecule has 10 aromatic carbocycles. The molecule has 0 saturated heterocycles. The third kappa shape index (κ3) is 6.05. The van der Waals surface area contributed by atoms with Gasteiger partial charge >= 0.3 is 0 Å². The minimum Gasteiger partial charge on any atom is -0.456 e. The first kappa shape index (κ1) is 35.4. The topological polar surface area (TPSA) is 39.4 Å². The van der Waals surface area contributed by atoms with Gasteiger partial charge in [-0.15, -0.1) is 0 Å². The van der Waals surface area contributed by atoms with Crippen LogP contribution in [0.1, 0.15) is 0 Å². The number of benzene rings is 10. The monoisotopic (exact) mass is 804 g/mol. The van der Waals surface area contributed by atoms with Crippen molar-refractivity contribution < 1.29 is 13.3 Å². The van der Waals surface area contributed by atoms with E-state index in [9.17, 15) is 0 Å². The minimum absolute atomic E-state index is 0.879. The number of furan rings is 3. The van der Waals surface area contributed by atoms with Crippen LogP contribution in [0.4, 0.5) is 0 Å². The largest absolute Gasteiger partial charge is 0.456 e. The summed E-state index contributed by atoms with van der Waals surface area (Å²) in [6.45, 7) is 0. The maximum absolute atomic E-state index is 6.41. The molecule has 0 spiro atoms. The van der Waals surface area contributed by atoms with Crippen LogP contribution >= 0.6 is 0 Å². The fraction of sp³-hybridized carbons (Fsp3) is 0. The zero-order valence-electron chi connectivity index (χ0n) is 34.0. The lowest BCUT2D eigenvalue weighted by Crippen LogP contribution is -1.84. The maximum atomic E-state index is 6.41. The highest BCUT2D eigenvalue weighted by Crippen LogP contribution is 2.39. The van der Waals surface area contributed by atoms with Crippen LogP contribution in [-0.2, 0) is 0 Å². The van der Waals surface area contributed by atoms with E-state index in [2.05, 4.69) is 194 Å². The summed E-state index contributed by atoms with van der Waals surface area (Å²) in [5, 5.41) is 6.75. The highest BCUT2D eigenvalue weighted by Gasteiger charge is 2.14. The summed E-state index contributed by atoms with van der Waals surface area (Å²) in [5.74, 6) is 0. The third-order valence-electron chi connectivity index (χ3n) is 12.7. The molecule has 0 unspecified atom stereocenters. The van der Waals surface area contributed by atoms with Crippen LogP contribution in [0.15, 0.2) is 232 Å². The number of rotatable bonds is 6. The second-order valence-electron chi connectivity index (χ2n) is 16.5. The van der Waals surface area contributed by atoms with Gasteiger partial charge in [-0.1, -0.05) is 133 Å². The molecule has 294 valence electrons. The average molecular weight is 805 g/mol. The lowest BCUT2D eigenvalue weighted by molar-refractivity contribution is 0.668. The van der Waals surface area contributed by atoms with Gasteiger partial charge in [0.15, 0.2) is 0 Å². The first-order chi connectivity index (χ1) is 31.1. The maximum Gasteiger partial charge on any atom is 0.135 e. The predicted octanol–water partition coefficient (Wildman–Crippen LogP) is 17.4. The van der Waals surface area contributed by atoms with E-state index in [-0.39, 0.29) is 0 Å². The van der Waals surface area contributed by atoms with E-state index in [1.165, 1.54) is 44.5 Å². The Morgan fingerprint density at radius 2 is 0.381 bits per heavy atom. The van der Waals surface area contributed by atoms with E-state index in [1.807, 2.05) is 24.3 Å². The molecule has 0 bridgehead atoms. The van der Waals surface area contributed by atoms with Gasteiger partial charge in [0, 0.05) is 32.3 Å². The minimum atomic E-state index is 0.879. The van der Waals surface area contributed by atoms with Gasteiger partial charge in [-0.05, 0) is 152 Å². The van der Waals surface area contributed by atoms with Crippen LogP contribution < -0.4 is 0 Å². The number of fused-ring (bicyclic) bond motifs is 9. The molecule has 13 rings (SSSR count). The van der Waals surface area contributed by atoms with Gasteiger partial charge in [0.1, 0.15) is 33.5 Å². The molecular weight excluding hydrogens is 769 g/mol. The molecule has 3 heterocycles. The van der Waals surface area contributed by atoms with Gasteiger partial charge in [0.05, 0.1) is 0 Å². The molecule has 0 amide bonds. The summed E-state index contributed by atoms with van der Waals surface area (Å²) in [4.78, 5) is 0. The summed E-state index contributed by atoms with van der Waals surface area (Å²) in [6.07, 6.45) is 0. The molecule has 0 atom stereocenters. The van der Waals surface area contributed by atoms with Crippen LogP contribution in [0, 0.1) is 0 Å². The summed E-state index contributed by atoms with van der Waals surface area (Å²) in [6, 6.07) is 77.8. The molecule has 3 nitrogen and oxygen atoms in total. The Balaban J connectivity index is 0.813. The second-order valence-corrected chi connectivity index (χ2v) is 16.5. The van der Waals surface area contributed by atoms with Crippen molar-refractivity contribution in [3.8, 4) is 66.8 Å². The SMILES string of the molecule is c1cc(-c2cccc(-c3ccc4oc5ccc(-c6cccc(-c7cccc(-c8ccc9oc%10ccccc%10c9c8)c7)c6)cc5c4c3)c2)cc(-c2ccc3oc4ccccc4c3c2)c1. The zero-order valence-corrected chi connectivity index (χ0v) is 34.0. The number of para-hydroxylation sites is 2. The predicted molar refractivity (Wildman–Crippen MR) is 261 cm³/mol. The van der Waals surface area contributed by atoms with Gasteiger partial charge in [-0.25, -0.2) is 0 Å². The summed E-state index contributed by atoms with van der Waals surface area (Å²) >= 11 is 0. The molecular formula is C60H36O3. The highest BCUT2D eigenvalue weighted by molar-refractivity contribution is 6.09. The van der Waals surface area contributed by atoms with Crippen molar-refractivity contribution in [1.82, 2.24) is 0 Å². The molecule has 0 aliphatic heterocycles. The fourth-order valence-electron chi connectivity index (χ4n) is 9.46. The van der Waals surface area contributed by atoms with E-state index in [0.717, 1.165) is 88.1 Å². The number of hydrogen-bond acceptors (Lipinski definition) is 3. The molecule has 0 radical (unpaired) electrons. The second kappa shape index (κ2) is 14.1. The van der Waals surface area contributed by atoms with Gasteiger partial charge in [0.2, 0.25) is 0 Å². The van der Waals surface area contributed by atoms with Gasteiger partial charge < -0.3 is 13.3 Å². The van der Waals surface area contributed by atoms with Crippen LogP contribution in [0.2, 0.25) is 0 Å². The Labute approximate surface area is 362 Å². The molecule has 0 saturated carbocycles. The molecule has 0 fully saturated rings. The Bertz CT molecular complexity index is 3680. The Morgan fingerprint density at radius 3 is 0.667 bits per heavy atom. The fourth-order valence-corrected chi connectivity index (χ4v) is 9.46. The van der Waals surface area contributed by atoms with E-state index >= 15 is 0 Å². The van der Waals surface area contributed by atoms with Crippen molar-refractivity contribution in [3.05, 3.63) is 218 Å². The van der Waals surface area contributed by atoms with Gasteiger partial charge in [0.25, 0.3) is 0 Å². The Morgan fingerprint density at radius 1 is 0.159 bits per heavy atom. The van der Waals surface area contributed by atoms with E-state index in [4.69, 9.17) is 13.3 Å². The van der Waals surface area contributed by atoms with Crippen molar-refractivity contribution in [2.45, 2.75) is 0 Å². The molecule has 3 heteroatoms. The standard InChI is InChI=1S/C60H36O3/c1-3-19-55-49(17-1)51-33-45(21-25-57(51)61-55)41-13-5-9-37(29-41)39-11-7-15-43(31-39)47-23-27-59-53(35-47)54-36-48(24-28-60(54)63-59)44-16-8-12-40(32-44)38-10-6-14-42(30-38)46-22-26-58-52(34-46)50-18-2-4-20-56(50)62-58/h1-36H. The summed E-state index contributed by atoms with van der Waals surface area (Å²) in [7, 11) is 0. The van der Waals surface area contributed by atoms with Crippen LogP contribution in [0.3, 0.4) is 0 Å². The van der Waals surface area contributed by atoms with Crippen LogP contribution in [0.25, 0.3) is 133 Å². The van der Waals surface area contributed by atoms with E-state index < -0.39 is 0 Å². The van der Waals surface area contributed by atoms with Crippen molar-refractivity contribution >= 4 is 65.8 Å². The third-order valence-corrected chi connectivity index (χ3v) is 12.7. The Hall–Kier alpha value is -8.40. The summed E-state index contributed by atoms with van der Waals surface area (Å²) < 4.78 is 18.6. The van der Waals surface area contributed by atoms with E-state index in [0.29, 0.717) is 0 Å². The van der Waals surface area contributed by atoms with Gasteiger partial charge in [-0.3, -0.25) is 0 Å². The van der Waals surface area contributed by atoms with Crippen molar-refractivity contribution in [3.63, 3.8) is 0 Å². The molecule has 13 aromatic rings. The number of hydrogen-bond donors (Lipinski definition) is 0. The molecule has 0 aliphatic carbocycles. The van der Waals surface area contributed by atoms with Crippen molar-refractivity contribution in [2.24, 2.45) is 0 Å². The smallest absolute Gasteiger partial charge is 0.135 e. The van der Waals surface area contributed by atoms with Crippen molar-refractivity contribution in [2.75, 3.05) is 0 Å². The quantitative estimate of drug-likeness (QED) is 0.168. The lowest BCUT2D eigenvalue weighted by Gasteiger charge is -2.09. The molecule has 0 aliphatic rings. The lowest BCUT2D eigenvalue weighted by atomic mass is 9.94. The molecule has 3 aromatic heterocycles. The first-order valence-electron chi connectivity index (χ1n) is 21.4. The summed E-state index contributed by atoms with van der Waals surface area (Å²) in [5.41, 5.74) is 19.4. The van der Waals surface area contributed by atoms with Crippen molar-refractivity contribution in [1.29, 1.82) is 0 Å². The zero-order chi connectivity index (χ0) is 41.4. The molecule has 63 heavy (non-hydrogen) atoms. The average Bonchev–Trinajstić information content (AvgIpc) is 4.04. The first-order valence-corrected chi connectivity index (χ1v) is 21.4. The van der Waals surface area contributed by atoms with Crippen LogP contribution in [-0.4, -0.2) is 0 Å². The Kier molecular flexibility index (Phi) is 7.91. The molecule has 0 N–H and O–H groups in total. The van der Waals surface area contributed by atoms with Crippen LogP contribution in [0.5, 0.6) is 0 Å². The normalized spacial score (nSPS) is 11.8. The highest BCUT2D eigenvalue weighted by atomic mass is 16.3.